The molecular formula is C6H6N2O2. The third-order valence-electron chi connectivity index (χ3n) is 1.56. The van der Waals surface area contributed by atoms with Gasteiger partial charge in [-0.3, -0.25) is 9.73 Å². The molecule has 0 spiro atoms. The Bertz CT molecular complexity index is 232. The number of hydroxylamine groups is 1. The molecule has 0 amide bonds. The van der Waals surface area contributed by atoms with Gasteiger partial charge in [0.25, 0.3) is 0 Å². The molecule has 1 atom stereocenters. The fourth-order valence-electron chi connectivity index (χ4n) is 1.03. The van der Waals surface area contributed by atoms with Crippen LogP contribution in [0.25, 0.3) is 0 Å². The van der Waals surface area contributed by atoms with E-state index in [1.54, 1.807) is 0 Å². The summed E-state index contributed by atoms with van der Waals surface area (Å²) in [7, 11) is 0. The van der Waals surface area contributed by atoms with Gasteiger partial charge in [0.15, 0.2) is 0 Å². The molecule has 1 N–H and O–H groups in total. The van der Waals surface area contributed by atoms with Gasteiger partial charge in [0.1, 0.15) is 5.71 Å². The van der Waals surface area contributed by atoms with E-state index in [2.05, 4.69) is 15.6 Å². The Kier molecular flexibility index (Phi) is 1.07. The quantitative estimate of drug-likeness (QED) is 0.503. The largest absolute Gasteiger partial charge is 0.299 e. The number of carbonyl (C=O) groups excluding carboxylic acids is 1. The van der Waals surface area contributed by atoms with E-state index in [1.165, 1.54) is 6.08 Å². The summed E-state index contributed by atoms with van der Waals surface area (Å²) in [6, 6.07) is -0.0162. The lowest BCUT2D eigenvalue weighted by Gasteiger charge is -2.08. The van der Waals surface area contributed by atoms with Gasteiger partial charge in [0.2, 0.25) is 5.78 Å². The Morgan fingerprint density at radius 2 is 2.70 bits per heavy atom. The van der Waals surface area contributed by atoms with E-state index in [9.17, 15) is 4.79 Å². The molecule has 0 aromatic heterocycles. The molecule has 1 unspecified atom stereocenters. The molecule has 2 rings (SSSR count). The number of ketones is 1. The van der Waals surface area contributed by atoms with Gasteiger partial charge in [0, 0.05) is 0 Å². The van der Waals surface area contributed by atoms with Crippen molar-refractivity contribution in [2.75, 3.05) is 0 Å². The van der Waals surface area contributed by atoms with Crippen molar-refractivity contribution in [1.82, 2.24) is 5.48 Å². The first kappa shape index (κ1) is 5.61. The van der Waals surface area contributed by atoms with Crippen LogP contribution in [0.2, 0.25) is 0 Å². The van der Waals surface area contributed by atoms with Crippen LogP contribution in [0.15, 0.2) is 17.3 Å². The topological polar surface area (TPSA) is 50.7 Å². The molecule has 0 aromatic carbocycles. The summed E-state index contributed by atoms with van der Waals surface area (Å²) in [5, 5.41) is 3.54. The maximum atomic E-state index is 10.9. The van der Waals surface area contributed by atoms with Crippen LogP contribution >= 0.6 is 0 Å². The van der Waals surface area contributed by atoms with Crippen LogP contribution in [0, 0.1) is 0 Å². The van der Waals surface area contributed by atoms with Gasteiger partial charge >= 0.3 is 0 Å². The smallest absolute Gasteiger partial charge is 0.204 e. The van der Waals surface area contributed by atoms with Crippen molar-refractivity contribution in [3.05, 3.63) is 12.2 Å². The Labute approximate surface area is 57.5 Å². The Morgan fingerprint density at radius 1 is 1.80 bits per heavy atom. The standard InChI is InChI=1S/C6H6N2O2/c9-5-3-1-2-4-6(5)8-10-7-4/h1,3-4,7H,2H2. The van der Waals surface area contributed by atoms with Crippen molar-refractivity contribution < 1.29 is 9.73 Å². The van der Waals surface area contributed by atoms with Crippen LogP contribution in [0.3, 0.4) is 0 Å². The van der Waals surface area contributed by atoms with Crippen molar-refractivity contribution in [3.8, 4) is 0 Å². The zero-order valence-corrected chi connectivity index (χ0v) is 5.20. The van der Waals surface area contributed by atoms with Crippen LogP contribution in [0.4, 0.5) is 0 Å². The van der Waals surface area contributed by atoms with Crippen molar-refractivity contribution in [2.45, 2.75) is 12.5 Å². The second-order valence-corrected chi connectivity index (χ2v) is 2.24. The first-order chi connectivity index (χ1) is 4.88. The zero-order chi connectivity index (χ0) is 6.97. The highest BCUT2D eigenvalue weighted by Crippen LogP contribution is 2.10. The van der Waals surface area contributed by atoms with Crippen molar-refractivity contribution >= 4 is 11.5 Å². The summed E-state index contributed by atoms with van der Waals surface area (Å²) in [6.45, 7) is 0. The average Bonchev–Trinajstić information content (AvgIpc) is 2.36. The van der Waals surface area contributed by atoms with Crippen molar-refractivity contribution in [1.29, 1.82) is 0 Å². The van der Waals surface area contributed by atoms with Gasteiger partial charge in [-0.25, -0.2) is 0 Å². The van der Waals surface area contributed by atoms with E-state index in [0.29, 0.717) is 5.71 Å². The van der Waals surface area contributed by atoms with E-state index in [0.717, 1.165) is 6.42 Å². The van der Waals surface area contributed by atoms with Gasteiger partial charge < -0.3 is 0 Å². The minimum Gasteiger partial charge on any atom is -0.299 e. The van der Waals surface area contributed by atoms with Gasteiger partial charge in [-0.15, -0.1) is 5.48 Å². The van der Waals surface area contributed by atoms with Gasteiger partial charge in [-0.1, -0.05) is 11.2 Å². The summed E-state index contributed by atoms with van der Waals surface area (Å²) < 4.78 is 0. The second-order valence-electron chi connectivity index (χ2n) is 2.24. The minimum absolute atomic E-state index is 0.0162. The predicted molar refractivity (Wildman–Crippen MR) is 34.2 cm³/mol. The fourth-order valence-corrected chi connectivity index (χ4v) is 1.03. The van der Waals surface area contributed by atoms with Gasteiger partial charge in [0.05, 0.1) is 6.04 Å². The number of allylic oxidation sites excluding steroid dienone is 1. The number of carbonyl (C=O) groups is 1. The Morgan fingerprint density at radius 3 is 3.50 bits per heavy atom. The molecule has 10 heavy (non-hydrogen) atoms. The molecule has 0 aromatic rings. The lowest BCUT2D eigenvalue weighted by atomic mass is 10.00. The van der Waals surface area contributed by atoms with E-state index < -0.39 is 0 Å². The molecule has 1 heterocycles. The molecule has 0 saturated carbocycles. The summed E-state index contributed by atoms with van der Waals surface area (Å²) in [4.78, 5) is 15.5. The first-order valence-electron chi connectivity index (χ1n) is 3.08. The van der Waals surface area contributed by atoms with Crippen LogP contribution in [0.1, 0.15) is 6.42 Å². The molecule has 2 aliphatic rings. The van der Waals surface area contributed by atoms with Crippen molar-refractivity contribution in [2.24, 2.45) is 5.16 Å². The van der Waals surface area contributed by atoms with Crippen LogP contribution < -0.4 is 5.48 Å². The zero-order valence-electron chi connectivity index (χ0n) is 5.20. The van der Waals surface area contributed by atoms with Crippen LogP contribution in [-0.4, -0.2) is 17.5 Å². The number of rotatable bonds is 0. The molecule has 0 saturated heterocycles. The molecule has 4 heteroatoms. The third kappa shape index (κ3) is 0.657. The maximum Gasteiger partial charge on any atom is 0.204 e. The molecule has 0 fully saturated rings. The lowest BCUT2D eigenvalue weighted by Crippen LogP contribution is -2.35. The molecule has 52 valence electrons. The number of nitrogens with one attached hydrogen (secondary N) is 1. The molecule has 0 radical (unpaired) electrons. The summed E-state index contributed by atoms with van der Waals surface area (Å²) in [6.07, 6.45) is 4.12. The lowest BCUT2D eigenvalue weighted by molar-refractivity contribution is -0.109. The normalized spacial score (nSPS) is 29.4. The van der Waals surface area contributed by atoms with Crippen LogP contribution in [-0.2, 0) is 9.73 Å². The van der Waals surface area contributed by atoms with Gasteiger partial charge in [-0.05, 0) is 12.5 Å². The molecule has 4 nitrogen and oxygen atoms in total. The first-order valence-corrected chi connectivity index (χ1v) is 3.08. The number of fused-ring (bicyclic) bond motifs is 1. The Balaban J connectivity index is 2.34. The van der Waals surface area contributed by atoms with E-state index in [1.807, 2.05) is 6.08 Å². The van der Waals surface area contributed by atoms with E-state index in [-0.39, 0.29) is 11.8 Å². The van der Waals surface area contributed by atoms with Gasteiger partial charge in [-0.2, -0.15) is 0 Å². The minimum atomic E-state index is -0.0544. The fraction of sp³-hybridized carbons (Fsp3) is 0.333. The average molecular weight is 138 g/mol. The summed E-state index contributed by atoms with van der Waals surface area (Å²) in [5.74, 6) is -0.0544. The molecular weight excluding hydrogens is 132 g/mol. The Hall–Kier alpha value is -1.16. The highest BCUT2D eigenvalue weighted by Gasteiger charge is 2.29. The predicted octanol–water partition coefficient (Wildman–Crippen LogP) is -0.225. The SMILES string of the molecule is O=C1C=CCC2NON=C12. The van der Waals surface area contributed by atoms with Crippen molar-refractivity contribution in [3.63, 3.8) is 0 Å². The number of oxime groups is 1. The molecule has 0 bridgehead atoms. The number of hydrogen-bond acceptors (Lipinski definition) is 4. The highest BCUT2D eigenvalue weighted by molar-refractivity contribution is 6.46. The monoisotopic (exact) mass is 138 g/mol. The highest BCUT2D eigenvalue weighted by atomic mass is 16.8. The van der Waals surface area contributed by atoms with E-state index in [4.69, 9.17) is 0 Å². The summed E-state index contributed by atoms with van der Waals surface area (Å²) in [5.41, 5.74) is 3.10. The number of hydrogen-bond donors (Lipinski definition) is 1. The third-order valence-corrected chi connectivity index (χ3v) is 1.56. The second kappa shape index (κ2) is 1.91. The van der Waals surface area contributed by atoms with E-state index >= 15 is 0 Å². The molecule has 1 aliphatic carbocycles. The maximum absolute atomic E-state index is 10.9. The van der Waals surface area contributed by atoms with Crippen LogP contribution in [0.5, 0.6) is 0 Å². The number of nitrogens with zero attached hydrogens (tertiary/aromatic N) is 1. The molecule has 1 aliphatic heterocycles. The summed E-state index contributed by atoms with van der Waals surface area (Å²) >= 11 is 0.